The smallest absolute Gasteiger partial charge is 0.0309 e. The van der Waals surface area contributed by atoms with Gasteiger partial charge >= 0.3 is 0 Å². The predicted octanol–water partition coefficient (Wildman–Crippen LogP) is 3.53. The number of piperazine rings is 1. The zero-order valence-electron chi connectivity index (χ0n) is 12.9. The first-order chi connectivity index (χ1) is 9.71. The predicted molar refractivity (Wildman–Crippen MR) is 87.4 cm³/mol. The highest BCUT2D eigenvalue weighted by Gasteiger charge is 2.45. The van der Waals surface area contributed by atoms with E-state index in [9.17, 15) is 0 Å². The van der Waals surface area contributed by atoms with Crippen LogP contribution in [0.15, 0.2) is 17.5 Å². The van der Waals surface area contributed by atoms with Gasteiger partial charge in [-0.2, -0.15) is 0 Å². The summed E-state index contributed by atoms with van der Waals surface area (Å²) in [6.45, 7) is 8.42. The van der Waals surface area contributed by atoms with E-state index >= 15 is 0 Å². The van der Waals surface area contributed by atoms with E-state index in [1.807, 2.05) is 11.3 Å². The van der Waals surface area contributed by atoms with Crippen LogP contribution in [0.1, 0.15) is 44.4 Å². The Hall–Kier alpha value is -0.380. The quantitative estimate of drug-likeness (QED) is 0.863. The van der Waals surface area contributed by atoms with Crippen LogP contribution in [0.25, 0.3) is 0 Å². The lowest BCUT2D eigenvalue weighted by Crippen LogP contribution is -2.64. The van der Waals surface area contributed by atoms with Gasteiger partial charge in [-0.05, 0) is 50.0 Å². The fourth-order valence-electron chi connectivity index (χ4n) is 3.67. The highest BCUT2D eigenvalue weighted by Crippen LogP contribution is 2.41. The van der Waals surface area contributed by atoms with Gasteiger partial charge in [0.05, 0.1) is 0 Å². The summed E-state index contributed by atoms with van der Waals surface area (Å²) in [5.41, 5.74) is 0.375. The second-order valence-corrected chi connectivity index (χ2v) is 7.85. The molecular formula is C17H28N2S. The second kappa shape index (κ2) is 6.17. The Morgan fingerprint density at radius 2 is 2.30 bits per heavy atom. The average Bonchev–Trinajstić information content (AvgIpc) is 3.18. The van der Waals surface area contributed by atoms with Gasteiger partial charge in [0.2, 0.25) is 0 Å². The molecule has 2 atom stereocenters. The van der Waals surface area contributed by atoms with Gasteiger partial charge in [-0.3, -0.25) is 4.90 Å². The van der Waals surface area contributed by atoms with Gasteiger partial charge in [0.15, 0.2) is 0 Å². The Bertz CT molecular complexity index is 413. The van der Waals surface area contributed by atoms with Crippen LogP contribution < -0.4 is 5.32 Å². The molecule has 2 heterocycles. The van der Waals surface area contributed by atoms with Crippen molar-refractivity contribution in [3.63, 3.8) is 0 Å². The van der Waals surface area contributed by atoms with E-state index in [0.29, 0.717) is 5.54 Å². The van der Waals surface area contributed by atoms with Crippen molar-refractivity contribution in [3.05, 3.63) is 22.4 Å². The lowest BCUT2D eigenvalue weighted by Gasteiger charge is -2.47. The van der Waals surface area contributed by atoms with E-state index in [2.05, 4.69) is 41.6 Å². The zero-order valence-corrected chi connectivity index (χ0v) is 13.7. The summed E-state index contributed by atoms with van der Waals surface area (Å²) in [6.07, 6.45) is 6.71. The number of hydrogen-bond acceptors (Lipinski definition) is 3. The van der Waals surface area contributed by atoms with Crippen LogP contribution >= 0.6 is 11.3 Å². The lowest BCUT2D eigenvalue weighted by atomic mass is 9.90. The standard InChI is InChI=1S/C17H28N2S/c1-3-5-15-12-18-17(2,14-7-8-14)13-19(15)10-9-16-6-4-11-20-16/h4,6,11,14-15,18H,3,5,7-10,12-13H2,1-2H3. The molecule has 3 rings (SSSR count). The van der Waals surface area contributed by atoms with Gasteiger partial charge in [0.25, 0.3) is 0 Å². The summed E-state index contributed by atoms with van der Waals surface area (Å²) in [6, 6.07) is 5.20. The van der Waals surface area contributed by atoms with Crippen molar-refractivity contribution in [1.29, 1.82) is 0 Å². The van der Waals surface area contributed by atoms with Crippen LogP contribution in [0.3, 0.4) is 0 Å². The van der Waals surface area contributed by atoms with Crippen molar-refractivity contribution in [3.8, 4) is 0 Å². The fourth-order valence-corrected chi connectivity index (χ4v) is 4.37. The van der Waals surface area contributed by atoms with Gasteiger partial charge in [-0.15, -0.1) is 11.3 Å². The number of nitrogens with one attached hydrogen (secondary N) is 1. The van der Waals surface area contributed by atoms with E-state index in [1.54, 1.807) is 0 Å². The van der Waals surface area contributed by atoms with Crippen LogP contribution in [0.5, 0.6) is 0 Å². The van der Waals surface area contributed by atoms with Crippen LogP contribution in [-0.2, 0) is 6.42 Å². The summed E-state index contributed by atoms with van der Waals surface area (Å²) < 4.78 is 0. The molecule has 2 nitrogen and oxygen atoms in total. The van der Waals surface area contributed by atoms with E-state index in [0.717, 1.165) is 12.0 Å². The zero-order chi connectivity index (χ0) is 14.0. The fraction of sp³-hybridized carbons (Fsp3) is 0.765. The Kier molecular flexibility index (Phi) is 4.49. The highest BCUT2D eigenvalue weighted by molar-refractivity contribution is 7.09. The van der Waals surface area contributed by atoms with Crippen molar-refractivity contribution < 1.29 is 0 Å². The molecule has 1 aromatic rings. The lowest BCUT2D eigenvalue weighted by molar-refractivity contribution is 0.0714. The maximum absolute atomic E-state index is 3.88. The Labute approximate surface area is 127 Å². The molecule has 1 saturated carbocycles. The monoisotopic (exact) mass is 292 g/mol. The molecule has 2 fully saturated rings. The van der Waals surface area contributed by atoms with E-state index in [-0.39, 0.29) is 0 Å². The summed E-state index contributed by atoms with van der Waals surface area (Å²) in [5, 5.41) is 6.08. The Balaban J connectivity index is 1.62. The molecule has 0 amide bonds. The number of hydrogen-bond donors (Lipinski definition) is 1. The summed E-state index contributed by atoms with van der Waals surface area (Å²) >= 11 is 1.90. The summed E-state index contributed by atoms with van der Waals surface area (Å²) in [5.74, 6) is 0.925. The molecule has 1 saturated heterocycles. The third-order valence-corrected chi connectivity index (χ3v) is 6.05. The molecule has 2 unspecified atom stereocenters. The molecule has 3 heteroatoms. The second-order valence-electron chi connectivity index (χ2n) is 6.81. The normalized spacial score (nSPS) is 31.6. The van der Waals surface area contributed by atoms with Crippen molar-refractivity contribution in [2.24, 2.45) is 5.92 Å². The molecule has 0 radical (unpaired) electrons. The van der Waals surface area contributed by atoms with Gasteiger partial charge in [-0.1, -0.05) is 19.4 Å². The topological polar surface area (TPSA) is 15.3 Å². The van der Waals surface area contributed by atoms with Gasteiger partial charge in [-0.25, -0.2) is 0 Å². The highest BCUT2D eigenvalue weighted by atomic mass is 32.1. The van der Waals surface area contributed by atoms with Gasteiger partial charge in [0.1, 0.15) is 0 Å². The van der Waals surface area contributed by atoms with Crippen LogP contribution in [-0.4, -0.2) is 36.1 Å². The van der Waals surface area contributed by atoms with Crippen molar-refractivity contribution >= 4 is 11.3 Å². The molecule has 0 bridgehead atoms. The minimum atomic E-state index is 0.375. The average molecular weight is 292 g/mol. The van der Waals surface area contributed by atoms with Crippen molar-refractivity contribution in [2.75, 3.05) is 19.6 Å². The molecule has 20 heavy (non-hydrogen) atoms. The van der Waals surface area contributed by atoms with Gasteiger partial charge in [0, 0.05) is 36.1 Å². The largest absolute Gasteiger partial charge is 0.308 e. The molecule has 1 aromatic heterocycles. The molecule has 1 N–H and O–H groups in total. The van der Waals surface area contributed by atoms with Crippen LogP contribution in [0, 0.1) is 5.92 Å². The maximum atomic E-state index is 3.88. The molecular weight excluding hydrogens is 264 g/mol. The van der Waals surface area contributed by atoms with Crippen molar-refractivity contribution in [1.82, 2.24) is 10.2 Å². The maximum Gasteiger partial charge on any atom is 0.0309 e. The Morgan fingerprint density at radius 1 is 1.45 bits per heavy atom. The molecule has 112 valence electrons. The molecule has 1 aliphatic carbocycles. The van der Waals surface area contributed by atoms with Crippen LogP contribution in [0.4, 0.5) is 0 Å². The summed E-state index contributed by atoms with van der Waals surface area (Å²) in [7, 11) is 0. The number of rotatable bonds is 6. The first kappa shape index (κ1) is 14.6. The van der Waals surface area contributed by atoms with E-state index < -0.39 is 0 Å². The molecule has 1 aliphatic heterocycles. The van der Waals surface area contributed by atoms with Crippen LogP contribution in [0.2, 0.25) is 0 Å². The molecule has 0 spiro atoms. The summed E-state index contributed by atoms with van der Waals surface area (Å²) in [4.78, 5) is 4.31. The first-order valence-electron chi connectivity index (χ1n) is 8.23. The van der Waals surface area contributed by atoms with E-state index in [4.69, 9.17) is 0 Å². The SMILES string of the molecule is CCCC1CNC(C)(C2CC2)CN1CCc1cccs1. The number of nitrogens with zero attached hydrogens (tertiary/aromatic N) is 1. The Morgan fingerprint density at radius 3 is 2.95 bits per heavy atom. The molecule has 0 aromatic carbocycles. The van der Waals surface area contributed by atoms with E-state index in [1.165, 1.54) is 56.6 Å². The minimum Gasteiger partial charge on any atom is -0.308 e. The number of thiophene rings is 1. The van der Waals surface area contributed by atoms with Gasteiger partial charge < -0.3 is 5.32 Å². The third-order valence-electron chi connectivity index (χ3n) is 5.12. The minimum absolute atomic E-state index is 0.375. The first-order valence-corrected chi connectivity index (χ1v) is 9.10. The molecule has 2 aliphatic rings. The van der Waals surface area contributed by atoms with Crippen molar-refractivity contribution in [2.45, 2.75) is 57.5 Å². The third kappa shape index (κ3) is 3.26.